The van der Waals surface area contributed by atoms with Gasteiger partial charge < -0.3 is 0 Å². The Labute approximate surface area is 141 Å². The maximum absolute atomic E-state index is 12.4. The van der Waals surface area contributed by atoms with Gasteiger partial charge in [-0.25, -0.2) is 18.8 Å². The molecule has 0 atom stereocenters. The van der Waals surface area contributed by atoms with Gasteiger partial charge in [-0.1, -0.05) is 30.3 Å². The number of nitrogens with one attached hydrogen (secondary N) is 1. The Kier molecular flexibility index (Phi) is 5.52. The van der Waals surface area contributed by atoms with Crippen molar-refractivity contribution in [2.75, 3.05) is 5.75 Å². The van der Waals surface area contributed by atoms with E-state index < -0.39 is 38.3 Å². The fourth-order valence-corrected chi connectivity index (χ4v) is 2.77. The molecule has 6 nitrogen and oxygen atoms in total. The number of benzene rings is 1. The highest BCUT2D eigenvalue weighted by Crippen LogP contribution is 2.28. The lowest BCUT2D eigenvalue weighted by Gasteiger charge is -2.07. The fourth-order valence-electron chi connectivity index (χ4n) is 1.73. The second-order valence-electron chi connectivity index (χ2n) is 4.85. The van der Waals surface area contributed by atoms with Crippen molar-refractivity contribution in [2.24, 2.45) is 5.10 Å². The molecule has 0 aliphatic heterocycles. The van der Waals surface area contributed by atoms with Crippen LogP contribution < -0.4 is 5.43 Å². The summed E-state index contributed by atoms with van der Waals surface area (Å²) in [6.07, 6.45) is -2.90. The molecule has 0 radical (unpaired) electrons. The zero-order chi connectivity index (χ0) is 18.5. The molecule has 1 heterocycles. The summed E-state index contributed by atoms with van der Waals surface area (Å²) in [6, 6.07) is 10.0. The van der Waals surface area contributed by atoms with Crippen LogP contribution in [0.25, 0.3) is 0 Å². The summed E-state index contributed by atoms with van der Waals surface area (Å²) in [5, 5.41) is 2.99. The average molecular weight is 371 g/mol. The monoisotopic (exact) mass is 371 g/mol. The summed E-state index contributed by atoms with van der Waals surface area (Å²) >= 11 is 0. The van der Waals surface area contributed by atoms with Crippen molar-refractivity contribution in [3.05, 3.63) is 59.8 Å². The van der Waals surface area contributed by atoms with Crippen LogP contribution in [-0.4, -0.2) is 31.3 Å². The maximum atomic E-state index is 12.4. The minimum atomic E-state index is -4.63. The first-order valence-corrected chi connectivity index (χ1v) is 8.47. The molecule has 0 aliphatic rings. The maximum Gasteiger partial charge on any atom is 0.417 e. The molecule has 0 bridgehead atoms. The summed E-state index contributed by atoms with van der Waals surface area (Å²) in [7, 11) is -4.18. The molecule has 132 valence electrons. The minimum Gasteiger partial charge on any atom is -0.272 e. The van der Waals surface area contributed by atoms with E-state index in [0.717, 1.165) is 0 Å². The average Bonchev–Trinajstić information content (AvgIpc) is 2.55. The third-order valence-electron chi connectivity index (χ3n) is 2.91. The number of carbonyl (C=O) groups excluding carboxylic acids is 1. The number of nitrogens with zero attached hydrogens (tertiary/aromatic N) is 2. The number of carbonyl (C=O) groups is 1. The Balaban J connectivity index is 2.00. The van der Waals surface area contributed by atoms with Crippen LogP contribution in [-0.2, 0) is 20.8 Å². The number of aromatic nitrogens is 1. The van der Waals surface area contributed by atoms with Crippen LogP contribution in [0.4, 0.5) is 13.2 Å². The van der Waals surface area contributed by atoms with Gasteiger partial charge in [0.05, 0.1) is 11.8 Å². The van der Waals surface area contributed by atoms with E-state index in [0.29, 0.717) is 23.9 Å². The van der Waals surface area contributed by atoms with Crippen molar-refractivity contribution in [1.29, 1.82) is 0 Å². The summed E-state index contributed by atoms with van der Waals surface area (Å²) < 4.78 is 61.3. The first-order chi connectivity index (χ1) is 11.7. The predicted octanol–water partition coefficient (Wildman–Crippen LogP) is 2.02. The van der Waals surface area contributed by atoms with E-state index >= 15 is 0 Å². The Morgan fingerprint density at radius 3 is 2.40 bits per heavy atom. The van der Waals surface area contributed by atoms with E-state index in [1.165, 1.54) is 6.21 Å². The van der Waals surface area contributed by atoms with Crippen LogP contribution in [0.5, 0.6) is 0 Å². The zero-order valence-corrected chi connectivity index (χ0v) is 13.4. The van der Waals surface area contributed by atoms with Gasteiger partial charge in [-0.15, -0.1) is 0 Å². The summed E-state index contributed by atoms with van der Waals surface area (Å²) in [5.41, 5.74) is 1.65. The number of rotatable bonds is 5. The van der Waals surface area contributed by atoms with Gasteiger partial charge in [0.1, 0.15) is 5.75 Å². The number of alkyl halides is 3. The smallest absolute Gasteiger partial charge is 0.272 e. The molecule has 0 aliphatic carbocycles. The van der Waals surface area contributed by atoms with E-state index in [4.69, 9.17) is 0 Å². The fraction of sp³-hybridized carbons (Fsp3) is 0.133. The Morgan fingerprint density at radius 2 is 1.84 bits per heavy atom. The standard InChI is InChI=1S/C15H12F3N3O3S/c16-15(17,18)12-6-7-14(19-9-12)25(23,24)10-13(22)21-20-8-11-4-2-1-3-5-11/h1-9H,10H2,(H,21,22)/b20-8-. The molecule has 0 spiro atoms. The molecule has 0 fully saturated rings. The number of amides is 1. The largest absolute Gasteiger partial charge is 0.417 e. The predicted molar refractivity (Wildman–Crippen MR) is 83.5 cm³/mol. The van der Waals surface area contributed by atoms with Crippen LogP contribution in [0.15, 0.2) is 58.8 Å². The summed E-state index contributed by atoms with van der Waals surface area (Å²) in [5.74, 6) is -1.92. The number of hydrazone groups is 1. The van der Waals surface area contributed by atoms with Gasteiger partial charge in [-0.2, -0.15) is 18.3 Å². The van der Waals surface area contributed by atoms with Gasteiger partial charge >= 0.3 is 6.18 Å². The molecule has 2 aromatic rings. The molecule has 0 unspecified atom stereocenters. The molecule has 1 aromatic heterocycles. The SMILES string of the molecule is O=C(CS(=O)(=O)c1ccc(C(F)(F)F)cn1)N/N=C\c1ccccc1. The lowest BCUT2D eigenvalue weighted by atomic mass is 10.2. The molecule has 10 heteroatoms. The molecular weight excluding hydrogens is 359 g/mol. The topological polar surface area (TPSA) is 88.5 Å². The van der Waals surface area contributed by atoms with Gasteiger partial charge in [0, 0.05) is 6.20 Å². The van der Waals surface area contributed by atoms with Crippen molar-refractivity contribution >= 4 is 22.0 Å². The van der Waals surface area contributed by atoms with Crippen molar-refractivity contribution in [2.45, 2.75) is 11.2 Å². The number of hydrogen-bond acceptors (Lipinski definition) is 5. The number of pyridine rings is 1. The molecule has 1 amide bonds. The van der Waals surface area contributed by atoms with Crippen molar-refractivity contribution in [3.8, 4) is 0 Å². The van der Waals surface area contributed by atoms with E-state index in [2.05, 4.69) is 10.1 Å². The van der Waals surface area contributed by atoms with Gasteiger partial charge in [-0.05, 0) is 17.7 Å². The molecule has 2 rings (SSSR count). The zero-order valence-electron chi connectivity index (χ0n) is 12.6. The van der Waals surface area contributed by atoms with Crippen LogP contribution >= 0.6 is 0 Å². The molecule has 1 N–H and O–H groups in total. The highest BCUT2D eigenvalue weighted by molar-refractivity contribution is 7.92. The second kappa shape index (κ2) is 7.43. The highest BCUT2D eigenvalue weighted by atomic mass is 32.2. The van der Waals surface area contributed by atoms with E-state index in [-0.39, 0.29) is 0 Å². The number of hydrogen-bond donors (Lipinski definition) is 1. The van der Waals surface area contributed by atoms with Crippen molar-refractivity contribution in [3.63, 3.8) is 0 Å². The van der Waals surface area contributed by atoms with Crippen LogP contribution in [0.3, 0.4) is 0 Å². The van der Waals surface area contributed by atoms with Crippen molar-refractivity contribution < 1.29 is 26.4 Å². The molecule has 0 saturated carbocycles. The van der Waals surface area contributed by atoms with Gasteiger partial charge in [-0.3, -0.25) is 4.79 Å². The van der Waals surface area contributed by atoms with Crippen LogP contribution in [0, 0.1) is 0 Å². The van der Waals surface area contributed by atoms with E-state index in [1.807, 2.05) is 5.43 Å². The summed E-state index contributed by atoms with van der Waals surface area (Å²) in [6.45, 7) is 0. The number of sulfone groups is 1. The van der Waals surface area contributed by atoms with Crippen LogP contribution in [0.1, 0.15) is 11.1 Å². The third-order valence-corrected chi connectivity index (χ3v) is 4.43. The first-order valence-electron chi connectivity index (χ1n) is 6.81. The first kappa shape index (κ1) is 18.6. The second-order valence-corrected chi connectivity index (χ2v) is 6.78. The Morgan fingerprint density at radius 1 is 1.16 bits per heavy atom. The van der Waals surface area contributed by atoms with Gasteiger partial charge in [0.25, 0.3) is 5.91 Å². The van der Waals surface area contributed by atoms with E-state index in [9.17, 15) is 26.4 Å². The number of halogens is 3. The molecule has 25 heavy (non-hydrogen) atoms. The molecular formula is C15H12F3N3O3S. The van der Waals surface area contributed by atoms with E-state index in [1.54, 1.807) is 30.3 Å². The highest BCUT2D eigenvalue weighted by Gasteiger charge is 2.31. The summed E-state index contributed by atoms with van der Waals surface area (Å²) in [4.78, 5) is 14.9. The lowest BCUT2D eigenvalue weighted by Crippen LogP contribution is -2.27. The van der Waals surface area contributed by atoms with Gasteiger partial charge in [0.2, 0.25) is 9.84 Å². The quantitative estimate of drug-likeness (QED) is 0.643. The Hall–Kier alpha value is -2.75. The van der Waals surface area contributed by atoms with Gasteiger partial charge in [0.15, 0.2) is 5.03 Å². The normalized spacial score (nSPS) is 12.3. The third kappa shape index (κ3) is 5.38. The lowest BCUT2D eigenvalue weighted by molar-refractivity contribution is -0.137. The minimum absolute atomic E-state index is 0.401. The molecule has 0 saturated heterocycles. The van der Waals surface area contributed by atoms with Crippen molar-refractivity contribution in [1.82, 2.24) is 10.4 Å². The Bertz CT molecular complexity index is 864. The molecule has 1 aromatic carbocycles. The van der Waals surface area contributed by atoms with Crippen LogP contribution in [0.2, 0.25) is 0 Å².